The molecule has 0 unspecified atom stereocenters. The van der Waals surface area contributed by atoms with E-state index in [1.165, 1.54) is 18.2 Å². The monoisotopic (exact) mass is 304 g/mol. The van der Waals surface area contributed by atoms with E-state index in [1.54, 1.807) is 24.3 Å². The molecule has 0 saturated heterocycles. The summed E-state index contributed by atoms with van der Waals surface area (Å²) in [7, 11) is 0. The van der Waals surface area contributed by atoms with Crippen LogP contribution in [0.15, 0.2) is 46.9 Å². The molecule has 4 nitrogen and oxygen atoms in total. The Morgan fingerprint density at radius 2 is 1.73 bits per heavy atom. The smallest absolute Gasteiger partial charge is 0.320 e. The van der Waals surface area contributed by atoms with Crippen LogP contribution in [0.4, 0.5) is 8.78 Å². The molecule has 0 saturated carbocycles. The molecule has 2 aromatic carbocycles. The molecule has 0 aliphatic heterocycles. The first-order chi connectivity index (χ1) is 10.4. The quantitative estimate of drug-likeness (QED) is 0.743. The zero-order valence-corrected chi connectivity index (χ0v) is 11.2. The number of para-hydroxylation sites is 1. The van der Waals surface area contributed by atoms with E-state index in [1.807, 2.05) is 0 Å². The van der Waals surface area contributed by atoms with Gasteiger partial charge in [-0.25, -0.2) is 0 Å². The molecule has 0 fully saturated rings. The Labute approximate surface area is 122 Å². The number of Topliss-reactive ketones (excluding diaryl/α,β-unsaturated/α-hetero) is 1. The fraction of sp³-hybridized carbons (Fsp3) is 0.125. The Balaban J connectivity index is 2.10. The van der Waals surface area contributed by atoms with Crippen LogP contribution in [0.5, 0.6) is 0 Å². The van der Waals surface area contributed by atoms with Crippen molar-refractivity contribution < 1.29 is 27.9 Å². The molecular weight excluding hydrogens is 294 g/mol. The zero-order chi connectivity index (χ0) is 15.9. The van der Waals surface area contributed by atoms with Crippen molar-refractivity contribution in [2.24, 2.45) is 0 Å². The molecule has 0 bridgehead atoms. The van der Waals surface area contributed by atoms with E-state index in [4.69, 9.17) is 9.52 Å². The van der Waals surface area contributed by atoms with Crippen molar-refractivity contribution in [3.05, 3.63) is 48.0 Å². The molecule has 0 spiro atoms. The molecule has 1 aromatic heterocycles. The van der Waals surface area contributed by atoms with Crippen molar-refractivity contribution in [3.8, 4) is 0 Å². The summed E-state index contributed by atoms with van der Waals surface area (Å²) in [5.74, 6) is -7.19. The highest BCUT2D eigenvalue weighted by molar-refractivity contribution is 6.10. The first-order valence-electron chi connectivity index (χ1n) is 6.44. The van der Waals surface area contributed by atoms with E-state index in [-0.39, 0.29) is 5.56 Å². The predicted octanol–water partition coefficient (Wildman–Crippen LogP) is 3.88. The second-order valence-electron chi connectivity index (χ2n) is 4.91. The highest BCUT2D eigenvalue weighted by Gasteiger charge is 2.41. The third kappa shape index (κ3) is 2.32. The van der Waals surface area contributed by atoms with E-state index in [2.05, 4.69) is 0 Å². The number of carboxylic acid groups (broad SMARTS) is 1. The topological polar surface area (TPSA) is 67.5 Å². The Kier molecular flexibility index (Phi) is 3.16. The Morgan fingerprint density at radius 1 is 1.05 bits per heavy atom. The molecule has 0 radical (unpaired) electrons. The minimum Gasteiger partial charge on any atom is -0.481 e. The van der Waals surface area contributed by atoms with Crippen LogP contribution in [0.1, 0.15) is 16.8 Å². The standard InChI is InChI=1S/C16H10F2O4/c17-16(18,8-14(19)20)15(21)9-5-6-13-11(7-9)10-3-1-2-4-12(10)22-13/h1-7H,8H2,(H,19,20). The molecule has 0 aliphatic carbocycles. The summed E-state index contributed by atoms with van der Waals surface area (Å²) in [4.78, 5) is 22.3. The van der Waals surface area contributed by atoms with E-state index in [0.29, 0.717) is 21.9 Å². The van der Waals surface area contributed by atoms with E-state index in [9.17, 15) is 18.4 Å². The van der Waals surface area contributed by atoms with Crippen molar-refractivity contribution in [2.45, 2.75) is 12.3 Å². The average Bonchev–Trinajstić information content (AvgIpc) is 2.82. The number of fused-ring (bicyclic) bond motifs is 3. The van der Waals surface area contributed by atoms with Crippen LogP contribution >= 0.6 is 0 Å². The number of benzene rings is 2. The van der Waals surface area contributed by atoms with Gasteiger partial charge < -0.3 is 9.52 Å². The van der Waals surface area contributed by atoms with Crippen LogP contribution in [-0.4, -0.2) is 22.8 Å². The van der Waals surface area contributed by atoms with Crippen molar-refractivity contribution >= 4 is 33.7 Å². The molecule has 22 heavy (non-hydrogen) atoms. The molecule has 6 heteroatoms. The second kappa shape index (κ2) is 4.91. The normalized spacial score (nSPS) is 11.9. The lowest BCUT2D eigenvalue weighted by Crippen LogP contribution is -2.31. The number of furan rings is 1. The van der Waals surface area contributed by atoms with Gasteiger partial charge in [-0.05, 0) is 24.3 Å². The van der Waals surface area contributed by atoms with Crippen molar-refractivity contribution in [3.63, 3.8) is 0 Å². The highest BCUT2D eigenvalue weighted by atomic mass is 19.3. The molecule has 3 aromatic rings. The van der Waals surface area contributed by atoms with Crippen LogP contribution in [-0.2, 0) is 4.79 Å². The van der Waals surface area contributed by atoms with Gasteiger partial charge in [0.25, 0.3) is 0 Å². The van der Waals surface area contributed by atoms with Gasteiger partial charge >= 0.3 is 11.9 Å². The first-order valence-corrected chi connectivity index (χ1v) is 6.44. The first kappa shape index (κ1) is 14.2. The van der Waals surface area contributed by atoms with Gasteiger partial charge in [0, 0.05) is 16.3 Å². The lowest BCUT2D eigenvalue weighted by atomic mass is 10.0. The summed E-state index contributed by atoms with van der Waals surface area (Å²) < 4.78 is 32.8. The van der Waals surface area contributed by atoms with Gasteiger partial charge in [0.15, 0.2) is 0 Å². The molecule has 1 N–H and O–H groups in total. The van der Waals surface area contributed by atoms with Crippen LogP contribution < -0.4 is 0 Å². The van der Waals surface area contributed by atoms with Gasteiger partial charge in [-0.1, -0.05) is 18.2 Å². The Morgan fingerprint density at radius 3 is 2.45 bits per heavy atom. The number of aliphatic carboxylic acids is 1. The predicted molar refractivity (Wildman–Crippen MR) is 75.3 cm³/mol. The fourth-order valence-corrected chi connectivity index (χ4v) is 2.35. The van der Waals surface area contributed by atoms with Crippen LogP contribution in [0.2, 0.25) is 0 Å². The maximum absolute atomic E-state index is 13.6. The van der Waals surface area contributed by atoms with Crippen LogP contribution in [0.3, 0.4) is 0 Å². The van der Waals surface area contributed by atoms with Crippen LogP contribution in [0, 0.1) is 0 Å². The molecule has 0 atom stereocenters. The Hall–Kier alpha value is -2.76. The molecule has 3 rings (SSSR count). The van der Waals surface area contributed by atoms with Gasteiger partial charge in [0.05, 0.1) is 0 Å². The third-order valence-corrected chi connectivity index (χ3v) is 3.34. The van der Waals surface area contributed by atoms with E-state index < -0.39 is 24.1 Å². The van der Waals surface area contributed by atoms with Crippen molar-refractivity contribution in [2.75, 3.05) is 0 Å². The number of rotatable bonds is 4. The molecule has 1 heterocycles. The fourth-order valence-electron chi connectivity index (χ4n) is 2.35. The third-order valence-electron chi connectivity index (χ3n) is 3.34. The zero-order valence-electron chi connectivity index (χ0n) is 11.2. The maximum atomic E-state index is 13.6. The summed E-state index contributed by atoms with van der Waals surface area (Å²) in [6.45, 7) is 0. The maximum Gasteiger partial charge on any atom is 0.320 e. The lowest BCUT2D eigenvalue weighted by Gasteiger charge is -2.12. The van der Waals surface area contributed by atoms with Crippen molar-refractivity contribution in [1.29, 1.82) is 0 Å². The lowest BCUT2D eigenvalue weighted by molar-refractivity contribution is -0.142. The van der Waals surface area contributed by atoms with Gasteiger partial charge in [0.2, 0.25) is 5.78 Å². The number of carbonyl (C=O) groups is 2. The largest absolute Gasteiger partial charge is 0.481 e. The number of alkyl halides is 2. The molecule has 112 valence electrons. The summed E-state index contributed by atoms with van der Waals surface area (Å²) in [6.07, 6.45) is -1.53. The number of halogens is 2. The van der Waals surface area contributed by atoms with Gasteiger partial charge in [-0.2, -0.15) is 8.78 Å². The van der Waals surface area contributed by atoms with Crippen molar-refractivity contribution in [1.82, 2.24) is 0 Å². The van der Waals surface area contributed by atoms with Gasteiger partial charge in [-0.15, -0.1) is 0 Å². The summed E-state index contributed by atoms with van der Waals surface area (Å²) in [5, 5.41) is 9.72. The number of hydrogen-bond donors (Lipinski definition) is 1. The number of hydrogen-bond acceptors (Lipinski definition) is 3. The van der Waals surface area contributed by atoms with Crippen LogP contribution in [0.25, 0.3) is 21.9 Å². The number of ketones is 1. The minimum atomic E-state index is -3.95. The summed E-state index contributed by atoms with van der Waals surface area (Å²) >= 11 is 0. The SMILES string of the molecule is O=C(O)CC(F)(F)C(=O)c1ccc2oc3ccccc3c2c1. The number of carboxylic acids is 1. The summed E-state index contributed by atoms with van der Waals surface area (Å²) in [6, 6.07) is 11.0. The highest BCUT2D eigenvalue weighted by Crippen LogP contribution is 2.31. The van der Waals surface area contributed by atoms with Gasteiger partial charge in [0.1, 0.15) is 17.6 Å². The molecule has 0 amide bonds. The van der Waals surface area contributed by atoms with Gasteiger partial charge in [-0.3, -0.25) is 9.59 Å². The molecular formula is C16H10F2O4. The number of carbonyl (C=O) groups excluding carboxylic acids is 1. The minimum absolute atomic E-state index is 0.245. The van der Waals surface area contributed by atoms with E-state index >= 15 is 0 Å². The Bertz CT molecular complexity index is 895. The average molecular weight is 304 g/mol. The van der Waals surface area contributed by atoms with E-state index in [0.717, 1.165) is 0 Å². The second-order valence-corrected chi connectivity index (χ2v) is 4.91. The molecule has 0 aliphatic rings. The summed E-state index contributed by atoms with van der Waals surface area (Å²) in [5.41, 5.74) is 0.809.